The van der Waals surface area contributed by atoms with Crippen LogP contribution in [-0.4, -0.2) is 48.6 Å². The van der Waals surface area contributed by atoms with E-state index in [0.29, 0.717) is 23.6 Å². The Morgan fingerprint density at radius 1 is 1.07 bits per heavy atom. The predicted octanol–water partition coefficient (Wildman–Crippen LogP) is 5.68. The molecule has 3 unspecified atom stereocenters. The Balaban J connectivity index is 1.80. The van der Waals surface area contributed by atoms with E-state index in [1.165, 1.54) is 36.8 Å². The highest BCUT2D eigenvalue weighted by atomic mass is 16.3. The monoisotopic (exact) mass is 394 g/mol. The normalized spacial score (nSPS) is 21.4. The lowest BCUT2D eigenvalue weighted by Gasteiger charge is -2.43. The van der Waals surface area contributed by atoms with Gasteiger partial charge in [0.15, 0.2) is 0 Å². The van der Waals surface area contributed by atoms with E-state index < -0.39 is 0 Å². The van der Waals surface area contributed by atoms with E-state index in [1.807, 2.05) is 12.1 Å². The molecule has 0 amide bonds. The highest BCUT2D eigenvalue weighted by Crippen LogP contribution is 2.38. The molecule has 3 atom stereocenters. The maximum absolute atomic E-state index is 10.0. The molecule has 0 radical (unpaired) electrons. The first-order valence-electron chi connectivity index (χ1n) is 11.3. The molecule has 3 heteroatoms. The van der Waals surface area contributed by atoms with Gasteiger partial charge < -0.3 is 10.0 Å². The van der Waals surface area contributed by atoms with Crippen LogP contribution in [0.1, 0.15) is 62.1 Å². The maximum atomic E-state index is 10.0. The average molecular weight is 395 g/mol. The fourth-order valence-electron chi connectivity index (χ4n) is 5.01. The second-order valence-corrected chi connectivity index (χ2v) is 8.93. The van der Waals surface area contributed by atoms with Gasteiger partial charge in [0.05, 0.1) is 0 Å². The maximum Gasteiger partial charge on any atom is 0.115 e. The number of rotatable bonds is 9. The van der Waals surface area contributed by atoms with Crippen molar-refractivity contribution in [3.63, 3.8) is 0 Å². The summed E-state index contributed by atoms with van der Waals surface area (Å²) in [5.74, 6) is 1.46. The zero-order valence-corrected chi connectivity index (χ0v) is 18.4. The molecule has 0 aromatic heterocycles. The quantitative estimate of drug-likeness (QED) is 0.554. The van der Waals surface area contributed by atoms with Crippen LogP contribution in [-0.2, 0) is 0 Å². The third-order valence-corrected chi connectivity index (χ3v) is 6.37. The SMILES string of the molecule is CCCCCC(c1ccccc1)N1CCC(c2cccc(O)c2)C(CN(C)C)C1. The molecule has 2 aromatic rings. The van der Waals surface area contributed by atoms with Gasteiger partial charge in [-0.3, -0.25) is 4.90 Å². The summed E-state index contributed by atoms with van der Waals surface area (Å²) in [5, 5.41) is 10.0. The number of likely N-dealkylation sites (tertiary alicyclic amines) is 1. The summed E-state index contributed by atoms with van der Waals surface area (Å²) in [6.07, 6.45) is 6.26. The van der Waals surface area contributed by atoms with Gasteiger partial charge in [0, 0.05) is 19.1 Å². The lowest BCUT2D eigenvalue weighted by atomic mass is 9.79. The second kappa shape index (κ2) is 10.8. The summed E-state index contributed by atoms with van der Waals surface area (Å²) in [6.45, 7) is 5.60. The first-order valence-corrected chi connectivity index (χ1v) is 11.3. The van der Waals surface area contributed by atoms with Gasteiger partial charge >= 0.3 is 0 Å². The molecular weight excluding hydrogens is 356 g/mol. The Labute approximate surface area is 177 Å². The van der Waals surface area contributed by atoms with Crippen LogP contribution in [0.2, 0.25) is 0 Å². The number of nitrogens with zero attached hydrogens (tertiary/aromatic N) is 2. The zero-order chi connectivity index (χ0) is 20.6. The van der Waals surface area contributed by atoms with E-state index in [-0.39, 0.29) is 0 Å². The van der Waals surface area contributed by atoms with E-state index >= 15 is 0 Å². The molecule has 158 valence electrons. The van der Waals surface area contributed by atoms with Crippen molar-refractivity contribution in [2.24, 2.45) is 5.92 Å². The van der Waals surface area contributed by atoms with Gasteiger partial charge in [-0.25, -0.2) is 0 Å². The largest absolute Gasteiger partial charge is 0.508 e. The Hall–Kier alpha value is -1.84. The number of unbranched alkanes of at least 4 members (excludes halogenated alkanes) is 2. The van der Waals surface area contributed by atoms with Crippen molar-refractivity contribution in [2.75, 3.05) is 33.7 Å². The number of aromatic hydroxyl groups is 1. The number of hydrogen-bond donors (Lipinski definition) is 1. The van der Waals surface area contributed by atoms with Gasteiger partial charge in [-0.15, -0.1) is 0 Å². The predicted molar refractivity (Wildman–Crippen MR) is 122 cm³/mol. The molecule has 0 aliphatic carbocycles. The van der Waals surface area contributed by atoms with Crippen molar-refractivity contribution in [3.05, 3.63) is 65.7 Å². The van der Waals surface area contributed by atoms with Gasteiger partial charge in [-0.05, 0) is 68.6 Å². The summed E-state index contributed by atoms with van der Waals surface area (Å²) in [4.78, 5) is 5.05. The molecule has 0 saturated carbocycles. The molecule has 29 heavy (non-hydrogen) atoms. The Morgan fingerprint density at radius 2 is 1.86 bits per heavy atom. The van der Waals surface area contributed by atoms with Crippen LogP contribution < -0.4 is 0 Å². The third-order valence-electron chi connectivity index (χ3n) is 6.37. The summed E-state index contributed by atoms with van der Waals surface area (Å²) in [6, 6.07) is 19.5. The van der Waals surface area contributed by atoms with Crippen molar-refractivity contribution in [2.45, 2.75) is 51.0 Å². The minimum absolute atomic E-state index is 0.385. The third kappa shape index (κ3) is 6.07. The van der Waals surface area contributed by atoms with Gasteiger partial charge in [-0.1, -0.05) is 68.7 Å². The first-order chi connectivity index (χ1) is 14.1. The molecule has 3 rings (SSSR count). The van der Waals surface area contributed by atoms with E-state index in [0.717, 1.165) is 26.1 Å². The Bertz CT molecular complexity index is 730. The van der Waals surface area contributed by atoms with E-state index in [1.54, 1.807) is 6.07 Å². The van der Waals surface area contributed by atoms with Gasteiger partial charge in [-0.2, -0.15) is 0 Å². The lowest BCUT2D eigenvalue weighted by molar-refractivity contribution is 0.0866. The minimum atomic E-state index is 0.385. The molecule has 3 nitrogen and oxygen atoms in total. The highest BCUT2D eigenvalue weighted by Gasteiger charge is 2.34. The number of piperidine rings is 1. The standard InChI is InChI=1S/C26H38N2O/c1-4-5-7-15-26(21-11-8-6-9-12-21)28-17-16-25(23(20-28)19-27(2)3)22-13-10-14-24(29)18-22/h6,8-14,18,23,25-26,29H,4-5,7,15-17,19-20H2,1-3H3. The average Bonchev–Trinajstić information content (AvgIpc) is 2.71. The minimum Gasteiger partial charge on any atom is -0.508 e. The Morgan fingerprint density at radius 3 is 2.55 bits per heavy atom. The number of benzene rings is 2. The van der Waals surface area contributed by atoms with Crippen LogP contribution in [0.4, 0.5) is 0 Å². The van der Waals surface area contributed by atoms with Gasteiger partial charge in [0.1, 0.15) is 5.75 Å². The van der Waals surface area contributed by atoms with E-state index in [4.69, 9.17) is 0 Å². The summed E-state index contributed by atoms with van der Waals surface area (Å²) >= 11 is 0. The van der Waals surface area contributed by atoms with Crippen LogP contribution in [0.15, 0.2) is 54.6 Å². The Kier molecular flexibility index (Phi) is 8.14. The summed E-state index contributed by atoms with van der Waals surface area (Å²) < 4.78 is 0. The fraction of sp³-hybridized carbons (Fsp3) is 0.538. The number of phenolic OH excluding ortho intramolecular Hbond substituents is 1. The summed E-state index contributed by atoms with van der Waals surface area (Å²) in [5.41, 5.74) is 2.75. The van der Waals surface area contributed by atoms with Crippen molar-refractivity contribution in [3.8, 4) is 5.75 Å². The second-order valence-electron chi connectivity index (χ2n) is 8.93. The topological polar surface area (TPSA) is 26.7 Å². The van der Waals surface area contributed by atoms with Crippen molar-refractivity contribution in [1.82, 2.24) is 9.80 Å². The van der Waals surface area contributed by atoms with Gasteiger partial charge in [0.2, 0.25) is 0 Å². The van der Waals surface area contributed by atoms with Crippen LogP contribution in [0.25, 0.3) is 0 Å². The molecule has 1 aliphatic heterocycles. The van der Waals surface area contributed by atoms with E-state index in [9.17, 15) is 5.11 Å². The smallest absolute Gasteiger partial charge is 0.115 e. The lowest BCUT2D eigenvalue weighted by Crippen LogP contribution is -2.45. The molecule has 2 aromatic carbocycles. The number of hydrogen-bond acceptors (Lipinski definition) is 3. The van der Waals surface area contributed by atoms with Crippen LogP contribution >= 0.6 is 0 Å². The highest BCUT2D eigenvalue weighted by molar-refractivity contribution is 5.31. The first kappa shape index (κ1) is 21.9. The summed E-state index contributed by atoms with van der Waals surface area (Å²) in [7, 11) is 4.35. The molecule has 1 N–H and O–H groups in total. The van der Waals surface area contributed by atoms with E-state index in [2.05, 4.69) is 67.2 Å². The fourth-order valence-corrected chi connectivity index (χ4v) is 5.01. The van der Waals surface area contributed by atoms with Crippen LogP contribution in [0.5, 0.6) is 5.75 Å². The molecule has 1 heterocycles. The molecule has 1 fully saturated rings. The zero-order valence-electron chi connectivity index (χ0n) is 18.4. The number of phenols is 1. The van der Waals surface area contributed by atoms with Crippen molar-refractivity contribution in [1.29, 1.82) is 0 Å². The molecule has 1 saturated heterocycles. The van der Waals surface area contributed by atoms with Crippen LogP contribution in [0, 0.1) is 5.92 Å². The van der Waals surface area contributed by atoms with Crippen molar-refractivity contribution < 1.29 is 5.11 Å². The van der Waals surface area contributed by atoms with Crippen molar-refractivity contribution >= 4 is 0 Å². The molecule has 1 aliphatic rings. The molecule has 0 bridgehead atoms. The van der Waals surface area contributed by atoms with Crippen LogP contribution in [0.3, 0.4) is 0 Å². The molecular formula is C26H38N2O. The van der Waals surface area contributed by atoms with Gasteiger partial charge in [0.25, 0.3) is 0 Å². The molecule has 0 spiro atoms.